The van der Waals surface area contributed by atoms with Crippen molar-refractivity contribution in [2.45, 2.75) is 104 Å². The quantitative estimate of drug-likeness (QED) is 0.378. The fraction of sp³-hybridized carbons (Fsp3) is 1.00. The summed E-state index contributed by atoms with van der Waals surface area (Å²) in [6.07, 6.45) is 14.2. The van der Waals surface area contributed by atoms with Crippen molar-refractivity contribution in [1.29, 1.82) is 0 Å². The van der Waals surface area contributed by atoms with E-state index in [4.69, 9.17) is 0 Å². The van der Waals surface area contributed by atoms with E-state index in [1.54, 1.807) is 0 Å². The molecule has 0 spiro atoms. The average molecular weight is 317 g/mol. The second-order valence-electron chi connectivity index (χ2n) is 7.00. The van der Waals surface area contributed by atoms with Crippen molar-refractivity contribution in [1.82, 2.24) is 0 Å². The summed E-state index contributed by atoms with van der Waals surface area (Å²) in [5.41, 5.74) is -0.426. The smallest absolute Gasteiger partial charge is 0.0656 e. The highest BCUT2D eigenvalue weighted by Gasteiger charge is 2.31. The predicted octanol–water partition coefficient (Wildman–Crippen LogP) is 6.20. The van der Waals surface area contributed by atoms with Crippen molar-refractivity contribution >= 4 is 9.24 Å². The summed E-state index contributed by atoms with van der Waals surface area (Å²) in [4.78, 5) is 0. The van der Waals surface area contributed by atoms with Crippen molar-refractivity contribution in [2.75, 3.05) is 6.16 Å². The molecule has 0 heterocycles. The van der Waals surface area contributed by atoms with E-state index >= 15 is 0 Å². The van der Waals surface area contributed by atoms with E-state index in [0.717, 1.165) is 25.4 Å². The van der Waals surface area contributed by atoms with Crippen molar-refractivity contribution in [3.63, 3.8) is 0 Å². The van der Waals surface area contributed by atoms with E-state index in [0.29, 0.717) is 11.8 Å². The Morgan fingerprint density at radius 3 is 1.57 bits per heavy atom. The molecule has 1 N–H and O–H groups in total. The predicted molar refractivity (Wildman–Crippen MR) is 100.0 cm³/mol. The zero-order valence-electron chi connectivity index (χ0n) is 15.2. The topological polar surface area (TPSA) is 20.2 Å². The summed E-state index contributed by atoms with van der Waals surface area (Å²) in [5.74, 6) is 1.41. The zero-order chi connectivity index (χ0) is 16.1. The molecular formula is C19H41OP. The monoisotopic (exact) mass is 316 g/mol. The Hall–Kier alpha value is 0.390. The van der Waals surface area contributed by atoms with Gasteiger partial charge in [-0.05, 0) is 37.3 Å². The van der Waals surface area contributed by atoms with Gasteiger partial charge in [0.05, 0.1) is 5.60 Å². The van der Waals surface area contributed by atoms with E-state index in [2.05, 4.69) is 36.9 Å². The average Bonchev–Trinajstić information content (AvgIpc) is 2.48. The number of hydrogen-bond donors (Lipinski definition) is 1. The lowest BCUT2D eigenvalue weighted by Crippen LogP contribution is -2.34. The van der Waals surface area contributed by atoms with Crippen LogP contribution in [0.5, 0.6) is 0 Å². The van der Waals surface area contributed by atoms with Gasteiger partial charge in [-0.25, -0.2) is 0 Å². The van der Waals surface area contributed by atoms with Crippen LogP contribution >= 0.6 is 9.24 Å². The maximum absolute atomic E-state index is 11.2. The van der Waals surface area contributed by atoms with E-state index in [9.17, 15) is 5.11 Å². The SMILES string of the molecule is CCCCC(CC)CC(O)(CCP)CC(CC)CCCC. The molecule has 1 nitrogen and oxygen atoms in total. The first-order valence-electron chi connectivity index (χ1n) is 9.47. The Morgan fingerprint density at radius 2 is 1.29 bits per heavy atom. The van der Waals surface area contributed by atoms with Gasteiger partial charge in [-0.2, -0.15) is 0 Å². The summed E-state index contributed by atoms with van der Waals surface area (Å²) in [7, 11) is 2.81. The standard InChI is InChI=1S/C19H41OP/c1-5-9-11-17(7-3)15-19(20,13-14-21)16-18(8-4)12-10-6-2/h17-18,20H,5-16,21H2,1-4H3. The maximum atomic E-state index is 11.2. The third-order valence-corrected chi connectivity index (χ3v) is 5.32. The van der Waals surface area contributed by atoms with Gasteiger partial charge < -0.3 is 5.11 Å². The van der Waals surface area contributed by atoms with Crippen LogP contribution in [0.1, 0.15) is 98.3 Å². The third-order valence-electron chi connectivity index (χ3n) is 5.03. The van der Waals surface area contributed by atoms with Crippen LogP contribution in [0.15, 0.2) is 0 Å². The van der Waals surface area contributed by atoms with Crippen molar-refractivity contribution in [2.24, 2.45) is 11.8 Å². The van der Waals surface area contributed by atoms with E-state index in [1.165, 1.54) is 51.4 Å². The summed E-state index contributed by atoms with van der Waals surface area (Å²) in [6.45, 7) is 9.10. The second kappa shape index (κ2) is 12.9. The molecule has 3 atom stereocenters. The number of rotatable bonds is 14. The van der Waals surface area contributed by atoms with Crippen molar-refractivity contribution in [3.05, 3.63) is 0 Å². The zero-order valence-corrected chi connectivity index (χ0v) is 16.3. The van der Waals surface area contributed by atoms with Crippen LogP contribution < -0.4 is 0 Å². The molecule has 2 heteroatoms. The molecule has 0 aliphatic carbocycles. The molecule has 0 aliphatic heterocycles. The Balaban J connectivity index is 4.62. The van der Waals surface area contributed by atoms with Gasteiger partial charge in [0.25, 0.3) is 0 Å². The van der Waals surface area contributed by atoms with Gasteiger partial charge in [0.15, 0.2) is 0 Å². The van der Waals surface area contributed by atoms with Crippen LogP contribution in [0, 0.1) is 11.8 Å². The maximum Gasteiger partial charge on any atom is 0.0656 e. The van der Waals surface area contributed by atoms with Crippen LogP contribution in [0.2, 0.25) is 0 Å². The molecular weight excluding hydrogens is 275 g/mol. The van der Waals surface area contributed by atoms with E-state index < -0.39 is 5.60 Å². The molecule has 0 rings (SSSR count). The Bertz CT molecular complexity index is 212. The Kier molecular flexibility index (Phi) is 13.1. The molecule has 0 fully saturated rings. The molecule has 0 aromatic heterocycles. The molecule has 128 valence electrons. The minimum absolute atomic E-state index is 0.426. The van der Waals surface area contributed by atoms with Gasteiger partial charge >= 0.3 is 0 Å². The first-order valence-corrected chi connectivity index (χ1v) is 10.3. The van der Waals surface area contributed by atoms with Gasteiger partial charge in [-0.3, -0.25) is 0 Å². The van der Waals surface area contributed by atoms with E-state index in [1.807, 2.05) is 0 Å². The molecule has 0 radical (unpaired) electrons. The number of hydrogen-bond acceptors (Lipinski definition) is 1. The van der Waals surface area contributed by atoms with Crippen molar-refractivity contribution < 1.29 is 5.11 Å². The highest BCUT2D eigenvalue weighted by molar-refractivity contribution is 7.16. The molecule has 3 unspecified atom stereocenters. The Labute approximate surface area is 136 Å². The molecule has 21 heavy (non-hydrogen) atoms. The fourth-order valence-electron chi connectivity index (χ4n) is 3.52. The largest absolute Gasteiger partial charge is 0.390 e. The number of aliphatic hydroxyl groups is 1. The molecule has 0 bridgehead atoms. The normalized spacial score (nSPS) is 17.4. The molecule has 0 amide bonds. The van der Waals surface area contributed by atoms with Crippen LogP contribution in [0.4, 0.5) is 0 Å². The first kappa shape index (κ1) is 21.4. The van der Waals surface area contributed by atoms with Gasteiger partial charge in [0, 0.05) is 0 Å². The van der Waals surface area contributed by atoms with Gasteiger partial charge in [-0.1, -0.05) is 79.1 Å². The highest BCUT2D eigenvalue weighted by atomic mass is 31.0. The van der Waals surface area contributed by atoms with Crippen LogP contribution in [-0.4, -0.2) is 16.9 Å². The second-order valence-corrected chi connectivity index (χ2v) is 7.58. The highest BCUT2D eigenvalue weighted by Crippen LogP contribution is 2.34. The fourth-order valence-corrected chi connectivity index (χ4v) is 4.05. The first-order chi connectivity index (χ1) is 10.0. The summed E-state index contributed by atoms with van der Waals surface area (Å²) >= 11 is 0. The van der Waals surface area contributed by atoms with Gasteiger partial charge in [0.2, 0.25) is 0 Å². The molecule has 0 saturated carbocycles. The summed E-state index contributed by atoms with van der Waals surface area (Å²) in [5, 5.41) is 11.2. The Morgan fingerprint density at radius 1 is 0.857 bits per heavy atom. The summed E-state index contributed by atoms with van der Waals surface area (Å²) in [6, 6.07) is 0. The molecule has 0 saturated heterocycles. The van der Waals surface area contributed by atoms with Crippen LogP contribution in [0.3, 0.4) is 0 Å². The number of unbranched alkanes of at least 4 members (excludes halogenated alkanes) is 2. The van der Waals surface area contributed by atoms with Gasteiger partial charge in [-0.15, -0.1) is 9.24 Å². The van der Waals surface area contributed by atoms with Crippen LogP contribution in [0.25, 0.3) is 0 Å². The van der Waals surface area contributed by atoms with Crippen LogP contribution in [-0.2, 0) is 0 Å². The lowest BCUT2D eigenvalue weighted by Gasteiger charge is -2.35. The van der Waals surface area contributed by atoms with Gasteiger partial charge in [0.1, 0.15) is 0 Å². The molecule has 0 aromatic carbocycles. The third kappa shape index (κ3) is 9.90. The van der Waals surface area contributed by atoms with Crippen molar-refractivity contribution in [3.8, 4) is 0 Å². The summed E-state index contributed by atoms with van der Waals surface area (Å²) < 4.78 is 0. The molecule has 0 aliphatic rings. The lowest BCUT2D eigenvalue weighted by molar-refractivity contribution is -0.0133. The molecule has 0 aromatic rings. The minimum atomic E-state index is -0.426. The minimum Gasteiger partial charge on any atom is -0.390 e. The lowest BCUT2D eigenvalue weighted by atomic mass is 9.77. The van der Waals surface area contributed by atoms with E-state index in [-0.39, 0.29) is 0 Å².